The largest absolute Gasteiger partial charge is 0.452 e. The molecule has 0 saturated heterocycles. The quantitative estimate of drug-likeness (QED) is 0.406. The van der Waals surface area contributed by atoms with Crippen LogP contribution < -0.4 is 5.32 Å². The van der Waals surface area contributed by atoms with Crippen LogP contribution >= 0.6 is 0 Å². The Morgan fingerprint density at radius 1 is 0.625 bits per heavy atom. The lowest BCUT2D eigenvalue weighted by atomic mass is 9.99. The van der Waals surface area contributed by atoms with Gasteiger partial charge in [0.15, 0.2) is 6.61 Å². The van der Waals surface area contributed by atoms with Crippen molar-refractivity contribution in [3.8, 4) is 11.1 Å². The van der Waals surface area contributed by atoms with Crippen LogP contribution in [0.2, 0.25) is 0 Å². The summed E-state index contributed by atoms with van der Waals surface area (Å²) in [6.45, 7) is -0.352. The summed E-state index contributed by atoms with van der Waals surface area (Å²) in [5, 5.41) is 2.97. The highest BCUT2D eigenvalue weighted by atomic mass is 16.5. The van der Waals surface area contributed by atoms with Gasteiger partial charge >= 0.3 is 5.97 Å². The maximum atomic E-state index is 12.6. The van der Waals surface area contributed by atoms with Crippen molar-refractivity contribution in [2.24, 2.45) is 0 Å². The van der Waals surface area contributed by atoms with Gasteiger partial charge in [-0.05, 0) is 34.4 Å². The molecule has 0 atom stereocenters. The highest BCUT2D eigenvalue weighted by Crippen LogP contribution is 2.22. The van der Waals surface area contributed by atoms with Crippen LogP contribution in [-0.4, -0.2) is 18.5 Å². The van der Waals surface area contributed by atoms with Crippen LogP contribution in [0.5, 0.6) is 0 Å². The zero-order chi connectivity index (χ0) is 22.2. The van der Waals surface area contributed by atoms with Crippen molar-refractivity contribution >= 4 is 11.9 Å². The second kappa shape index (κ2) is 10.2. The standard InChI is InChI=1S/C28H23NO3/c30-26(29-27(23-12-6-2-7-13-23)24-14-8-3-9-15-24)20-32-28(31)25-18-16-22(17-19-25)21-10-4-1-5-11-21/h1-19,27H,20H2,(H,29,30). The maximum Gasteiger partial charge on any atom is 0.338 e. The van der Waals surface area contributed by atoms with Crippen molar-refractivity contribution in [1.82, 2.24) is 5.32 Å². The third kappa shape index (κ3) is 5.29. The molecule has 0 bridgehead atoms. The molecule has 1 N–H and O–H groups in total. The van der Waals surface area contributed by atoms with Crippen LogP contribution in [0.25, 0.3) is 11.1 Å². The van der Waals surface area contributed by atoms with Crippen molar-refractivity contribution < 1.29 is 14.3 Å². The van der Waals surface area contributed by atoms with Crippen LogP contribution in [-0.2, 0) is 9.53 Å². The number of carbonyl (C=O) groups is 2. The summed E-state index contributed by atoms with van der Waals surface area (Å²) in [6, 6.07) is 36.1. The smallest absolute Gasteiger partial charge is 0.338 e. The topological polar surface area (TPSA) is 55.4 Å². The van der Waals surface area contributed by atoms with Crippen molar-refractivity contribution in [3.05, 3.63) is 132 Å². The fraction of sp³-hybridized carbons (Fsp3) is 0.0714. The summed E-state index contributed by atoms with van der Waals surface area (Å²) in [4.78, 5) is 25.0. The molecule has 0 radical (unpaired) electrons. The first-order valence-corrected chi connectivity index (χ1v) is 10.4. The number of carbonyl (C=O) groups excluding carboxylic acids is 2. The average molecular weight is 421 g/mol. The molecule has 0 aliphatic carbocycles. The van der Waals surface area contributed by atoms with Gasteiger partial charge in [0.2, 0.25) is 0 Å². The lowest BCUT2D eigenvalue weighted by Crippen LogP contribution is -2.33. The summed E-state index contributed by atoms with van der Waals surface area (Å²) < 4.78 is 5.26. The van der Waals surface area contributed by atoms with Gasteiger partial charge in [-0.1, -0.05) is 103 Å². The van der Waals surface area contributed by atoms with Crippen molar-refractivity contribution in [3.63, 3.8) is 0 Å². The van der Waals surface area contributed by atoms with E-state index in [0.717, 1.165) is 22.3 Å². The molecular formula is C28H23NO3. The van der Waals surface area contributed by atoms with E-state index in [0.29, 0.717) is 5.56 Å². The Kier molecular flexibility index (Phi) is 6.73. The number of esters is 1. The molecule has 0 aromatic heterocycles. The molecule has 4 heteroatoms. The first-order chi connectivity index (χ1) is 15.7. The average Bonchev–Trinajstić information content (AvgIpc) is 2.87. The van der Waals surface area contributed by atoms with E-state index in [4.69, 9.17) is 4.74 Å². The van der Waals surface area contributed by atoms with Gasteiger partial charge in [-0.3, -0.25) is 4.79 Å². The SMILES string of the molecule is O=C(COC(=O)c1ccc(-c2ccccc2)cc1)NC(c1ccccc1)c1ccccc1. The van der Waals surface area contributed by atoms with Gasteiger partial charge in [-0.2, -0.15) is 0 Å². The molecule has 4 nitrogen and oxygen atoms in total. The summed E-state index contributed by atoms with van der Waals surface area (Å²) in [6.07, 6.45) is 0. The molecule has 32 heavy (non-hydrogen) atoms. The fourth-order valence-electron chi connectivity index (χ4n) is 3.50. The van der Waals surface area contributed by atoms with Crippen LogP contribution in [0, 0.1) is 0 Å². The van der Waals surface area contributed by atoms with E-state index in [2.05, 4.69) is 5.32 Å². The minimum Gasteiger partial charge on any atom is -0.452 e. The molecule has 1 amide bonds. The number of rotatable bonds is 7. The van der Waals surface area contributed by atoms with Crippen LogP contribution in [0.15, 0.2) is 115 Å². The number of benzene rings is 4. The summed E-state index contributed by atoms with van der Waals surface area (Å²) in [5.41, 5.74) is 4.39. The second-order valence-corrected chi connectivity index (χ2v) is 7.34. The van der Waals surface area contributed by atoms with Gasteiger partial charge in [-0.15, -0.1) is 0 Å². The van der Waals surface area contributed by atoms with E-state index in [9.17, 15) is 9.59 Å². The first kappa shape index (κ1) is 21.1. The molecule has 4 aromatic carbocycles. The Labute approximate surface area is 187 Å². The number of hydrogen-bond donors (Lipinski definition) is 1. The zero-order valence-electron chi connectivity index (χ0n) is 17.5. The Bertz CT molecular complexity index is 1120. The number of nitrogens with one attached hydrogen (secondary N) is 1. The Hall–Kier alpha value is -4.18. The van der Waals surface area contributed by atoms with E-state index in [1.165, 1.54) is 0 Å². The lowest BCUT2D eigenvalue weighted by Gasteiger charge is -2.20. The Morgan fingerprint density at radius 3 is 1.62 bits per heavy atom. The van der Waals surface area contributed by atoms with E-state index >= 15 is 0 Å². The molecule has 4 rings (SSSR count). The lowest BCUT2D eigenvalue weighted by molar-refractivity contribution is -0.124. The van der Waals surface area contributed by atoms with E-state index in [1.807, 2.05) is 103 Å². The molecule has 0 aliphatic heterocycles. The van der Waals surface area contributed by atoms with Crippen LogP contribution in [0.3, 0.4) is 0 Å². The van der Waals surface area contributed by atoms with Gasteiger partial charge in [0, 0.05) is 0 Å². The molecule has 4 aromatic rings. The molecule has 0 saturated carbocycles. The predicted molar refractivity (Wildman–Crippen MR) is 125 cm³/mol. The fourth-order valence-corrected chi connectivity index (χ4v) is 3.50. The Balaban J connectivity index is 1.38. The second-order valence-electron chi connectivity index (χ2n) is 7.34. The van der Waals surface area contributed by atoms with Gasteiger partial charge in [0.05, 0.1) is 11.6 Å². The number of hydrogen-bond acceptors (Lipinski definition) is 3. The van der Waals surface area contributed by atoms with E-state index < -0.39 is 5.97 Å². The number of amides is 1. The van der Waals surface area contributed by atoms with Crippen molar-refractivity contribution in [2.45, 2.75) is 6.04 Å². The van der Waals surface area contributed by atoms with Crippen molar-refractivity contribution in [1.29, 1.82) is 0 Å². The van der Waals surface area contributed by atoms with Crippen LogP contribution in [0.4, 0.5) is 0 Å². The summed E-state index contributed by atoms with van der Waals surface area (Å²) >= 11 is 0. The molecule has 0 heterocycles. The van der Waals surface area contributed by atoms with Gasteiger partial charge in [0.1, 0.15) is 0 Å². The Morgan fingerprint density at radius 2 is 1.09 bits per heavy atom. The maximum absolute atomic E-state index is 12.6. The molecule has 0 unspecified atom stereocenters. The highest BCUT2D eigenvalue weighted by molar-refractivity contribution is 5.92. The van der Waals surface area contributed by atoms with E-state index in [-0.39, 0.29) is 18.6 Å². The van der Waals surface area contributed by atoms with Crippen LogP contribution in [0.1, 0.15) is 27.5 Å². The molecule has 158 valence electrons. The minimum atomic E-state index is -0.532. The van der Waals surface area contributed by atoms with Gasteiger partial charge in [-0.25, -0.2) is 4.79 Å². The summed E-state index contributed by atoms with van der Waals surface area (Å²) in [5.74, 6) is -0.896. The third-order valence-corrected chi connectivity index (χ3v) is 5.13. The van der Waals surface area contributed by atoms with Gasteiger partial charge in [0.25, 0.3) is 5.91 Å². The molecule has 0 aliphatic rings. The highest BCUT2D eigenvalue weighted by Gasteiger charge is 2.18. The van der Waals surface area contributed by atoms with E-state index in [1.54, 1.807) is 12.1 Å². The third-order valence-electron chi connectivity index (χ3n) is 5.13. The minimum absolute atomic E-state index is 0.325. The number of ether oxygens (including phenoxy) is 1. The predicted octanol–water partition coefficient (Wildman–Crippen LogP) is 5.42. The monoisotopic (exact) mass is 421 g/mol. The molecule has 0 fully saturated rings. The first-order valence-electron chi connectivity index (χ1n) is 10.4. The normalized spacial score (nSPS) is 10.5. The van der Waals surface area contributed by atoms with Crippen molar-refractivity contribution in [2.75, 3.05) is 6.61 Å². The van der Waals surface area contributed by atoms with Gasteiger partial charge < -0.3 is 10.1 Å². The molecular weight excluding hydrogens is 398 g/mol. The summed E-state index contributed by atoms with van der Waals surface area (Å²) in [7, 11) is 0. The zero-order valence-corrected chi connectivity index (χ0v) is 17.5. The molecule has 0 spiro atoms.